The number of benzene rings is 2. The summed E-state index contributed by atoms with van der Waals surface area (Å²) in [5.41, 5.74) is 1.90. The van der Waals surface area contributed by atoms with E-state index < -0.39 is 4.92 Å². The van der Waals surface area contributed by atoms with Crippen LogP contribution in [0.5, 0.6) is 11.5 Å². The fourth-order valence-electron chi connectivity index (χ4n) is 2.61. The van der Waals surface area contributed by atoms with Crippen molar-refractivity contribution in [1.82, 2.24) is 9.97 Å². The van der Waals surface area contributed by atoms with Gasteiger partial charge in [-0.2, -0.15) is 0 Å². The van der Waals surface area contributed by atoms with Crippen molar-refractivity contribution in [3.63, 3.8) is 0 Å². The number of nitro benzene ring substituents is 1. The summed E-state index contributed by atoms with van der Waals surface area (Å²) in [5, 5.41) is 24.3. The molecule has 0 amide bonds. The van der Waals surface area contributed by atoms with Gasteiger partial charge in [-0.15, -0.1) is 0 Å². The Labute approximate surface area is 155 Å². The second-order valence-electron chi connectivity index (χ2n) is 5.85. The standard InChI is InChI=1S/C19H18N4O4/c1-12-9-17(20-11-14-6-4-8-16(27-2)18(14)24)22-19(21-12)13-5-3-7-15(10-13)23(25)26/h3-10,24H,11H2,1-2H3,(H,20,21,22). The average Bonchev–Trinajstić information content (AvgIpc) is 2.67. The molecule has 0 saturated heterocycles. The van der Waals surface area contributed by atoms with Crippen LogP contribution < -0.4 is 10.1 Å². The van der Waals surface area contributed by atoms with E-state index >= 15 is 0 Å². The Balaban J connectivity index is 1.86. The molecule has 27 heavy (non-hydrogen) atoms. The van der Waals surface area contributed by atoms with Crippen LogP contribution >= 0.6 is 0 Å². The molecule has 0 aliphatic rings. The van der Waals surface area contributed by atoms with Gasteiger partial charge in [-0.1, -0.05) is 24.3 Å². The molecule has 2 N–H and O–H groups in total. The molecule has 1 heterocycles. The number of aromatic hydroxyl groups is 1. The lowest BCUT2D eigenvalue weighted by atomic mass is 10.1. The van der Waals surface area contributed by atoms with E-state index in [1.807, 2.05) is 6.92 Å². The van der Waals surface area contributed by atoms with E-state index in [1.165, 1.54) is 19.2 Å². The van der Waals surface area contributed by atoms with Gasteiger partial charge in [0.25, 0.3) is 5.69 Å². The Morgan fingerprint density at radius 2 is 1.96 bits per heavy atom. The number of para-hydroxylation sites is 1. The number of nitrogens with zero attached hydrogens (tertiary/aromatic N) is 3. The van der Waals surface area contributed by atoms with Crippen molar-refractivity contribution in [1.29, 1.82) is 0 Å². The molecular formula is C19H18N4O4. The highest BCUT2D eigenvalue weighted by Gasteiger charge is 2.11. The summed E-state index contributed by atoms with van der Waals surface area (Å²) >= 11 is 0. The molecule has 1 aromatic heterocycles. The quantitative estimate of drug-likeness (QED) is 0.505. The zero-order valence-corrected chi connectivity index (χ0v) is 14.8. The highest BCUT2D eigenvalue weighted by atomic mass is 16.6. The second-order valence-corrected chi connectivity index (χ2v) is 5.85. The summed E-state index contributed by atoms with van der Waals surface area (Å²) in [5.74, 6) is 1.39. The SMILES string of the molecule is COc1cccc(CNc2cc(C)nc(-c3cccc([N+](=O)[O-])c3)n2)c1O. The molecule has 8 heteroatoms. The van der Waals surface area contributed by atoms with Crippen LogP contribution in [0.4, 0.5) is 11.5 Å². The Kier molecular flexibility index (Phi) is 5.16. The van der Waals surface area contributed by atoms with Crippen molar-refractivity contribution in [3.05, 3.63) is 69.9 Å². The number of phenols is 1. The molecule has 0 spiro atoms. The molecule has 3 aromatic rings. The summed E-state index contributed by atoms with van der Waals surface area (Å²) in [6, 6.07) is 13.2. The third-order valence-electron chi connectivity index (χ3n) is 3.93. The molecule has 2 aromatic carbocycles. The Bertz CT molecular complexity index is 991. The third-order valence-corrected chi connectivity index (χ3v) is 3.93. The van der Waals surface area contributed by atoms with Crippen molar-refractivity contribution >= 4 is 11.5 Å². The zero-order valence-electron chi connectivity index (χ0n) is 14.8. The van der Waals surface area contributed by atoms with Gasteiger partial charge >= 0.3 is 0 Å². The first-order chi connectivity index (χ1) is 13.0. The topological polar surface area (TPSA) is 110 Å². The number of hydrogen-bond acceptors (Lipinski definition) is 7. The van der Waals surface area contributed by atoms with Gasteiger partial charge in [-0.25, -0.2) is 9.97 Å². The average molecular weight is 366 g/mol. The Morgan fingerprint density at radius 3 is 2.70 bits per heavy atom. The number of ether oxygens (including phenoxy) is 1. The van der Waals surface area contributed by atoms with Gasteiger partial charge in [0.15, 0.2) is 17.3 Å². The van der Waals surface area contributed by atoms with Crippen molar-refractivity contribution in [3.8, 4) is 22.9 Å². The fraction of sp³-hybridized carbons (Fsp3) is 0.158. The maximum atomic E-state index is 11.0. The molecule has 0 atom stereocenters. The molecule has 8 nitrogen and oxygen atoms in total. The molecule has 3 rings (SSSR count). The summed E-state index contributed by atoms with van der Waals surface area (Å²) in [6.07, 6.45) is 0. The minimum Gasteiger partial charge on any atom is -0.504 e. The normalized spacial score (nSPS) is 10.4. The number of phenolic OH excluding ortho intramolecular Hbond substituents is 1. The predicted octanol–water partition coefficient (Wildman–Crippen LogP) is 3.69. The zero-order chi connectivity index (χ0) is 19.4. The van der Waals surface area contributed by atoms with Gasteiger partial charge in [-0.3, -0.25) is 10.1 Å². The van der Waals surface area contributed by atoms with Crippen molar-refractivity contribution in [2.24, 2.45) is 0 Å². The van der Waals surface area contributed by atoms with Crippen molar-refractivity contribution in [2.45, 2.75) is 13.5 Å². The maximum absolute atomic E-state index is 11.0. The first-order valence-corrected chi connectivity index (χ1v) is 8.17. The highest BCUT2D eigenvalue weighted by molar-refractivity contribution is 5.61. The summed E-state index contributed by atoms with van der Waals surface area (Å²) in [4.78, 5) is 19.3. The molecule has 0 saturated carbocycles. The van der Waals surface area contributed by atoms with Crippen LogP contribution in [0.25, 0.3) is 11.4 Å². The van der Waals surface area contributed by atoms with Crippen LogP contribution in [0.15, 0.2) is 48.5 Å². The molecule has 0 fully saturated rings. The number of rotatable bonds is 6. The minimum absolute atomic E-state index is 0.0200. The van der Waals surface area contributed by atoms with Gasteiger partial charge in [0.1, 0.15) is 5.82 Å². The van der Waals surface area contributed by atoms with Gasteiger partial charge < -0.3 is 15.2 Å². The summed E-state index contributed by atoms with van der Waals surface area (Å²) in [7, 11) is 1.49. The summed E-state index contributed by atoms with van der Waals surface area (Å²) < 4.78 is 5.11. The van der Waals surface area contributed by atoms with E-state index in [4.69, 9.17) is 4.74 Å². The molecule has 0 unspecified atom stereocenters. The lowest BCUT2D eigenvalue weighted by Gasteiger charge is -2.11. The number of methoxy groups -OCH3 is 1. The predicted molar refractivity (Wildman–Crippen MR) is 101 cm³/mol. The van der Waals surface area contributed by atoms with Crippen LogP contribution in [-0.2, 0) is 6.54 Å². The Hall–Kier alpha value is -3.68. The van der Waals surface area contributed by atoms with Gasteiger partial charge in [-0.05, 0) is 13.0 Å². The second kappa shape index (κ2) is 7.69. The van der Waals surface area contributed by atoms with E-state index in [0.29, 0.717) is 40.8 Å². The number of nitro groups is 1. The van der Waals surface area contributed by atoms with Crippen LogP contribution in [-0.4, -0.2) is 27.1 Å². The van der Waals surface area contributed by atoms with Gasteiger partial charge in [0, 0.05) is 41.6 Å². The van der Waals surface area contributed by atoms with Crippen LogP contribution in [0.2, 0.25) is 0 Å². The largest absolute Gasteiger partial charge is 0.504 e. The molecule has 138 valence electrons. The molecule has 0 bridgehead atoms. The smallest absolute Gasteiger partial charge is 0.270 e. The van der Waals surface area contributed by atoms with Crippen LogP contribution in [0.1, 0.15) is 11.3 Å². The fourth-order valence-corrected chi connectivity index (χ4v) is 2.61. The molecule has 0 aliphatic heterocycles. The van der Waals surface area contributed by atoms with Crippen LogP contribution in [0, 0.1) is 17.0 Å². The number of non-ortho nitro benzene ring substituents is 1. The first-order valence-electron chi connectivity index (χ1n) is 8.17. The van der Waals surface area contributed by atoms with Gasteiger partial charge in [0.2, 0.25) is 0 Å². The number of nitrogens with one attached hydrogen (secondary N) is 1. The molecular weight excluding hydrogens is 348 g/mol. The monoisotopic (exact) mass is 366 g/mol. The maximum Gasteiger partial charge on any atom is 0.270 e. The van der Waals surface area contributed by atoms with Gasteiger partial charge in [0.05, 0.1) is 12.0 Å². The lowest BCUT2D eigenvalue weighted by Crippen LogP contribution is -2.04. The third kappa shape index (κ3) is 4.12. The molecule has 0 aliphatic carbocycles. The molecule has 0 radical (unpaired) electrons. The van der Waals surface area contributed by atoms with Crippen molar-refractivity contribution in [2.75, 3.05) is 12.4 Å². The number of aromatic nitrogens is 2. The Morgan fingerprint density at radius 1 is 1.19 bits per heavy atom. The van der Waals surface area contributed by atoms with E-state index in [2.05, 4.69) is 15.3 Å². The van der Waals surface area contributed by atoms with Crippen molar-refractivity contribution < 1.29 is 14.8 Å². The van der Waals surface area contributed by atoms with E-state index in [0.717, 1.165) is 0 Å². The van der Waals surface area contributed by atoms with Crippen LogP contribution in [0.3, 0.4) is 0 Å². The lowest BCUT2D eigenvalue weighted by molar-refractivity contribution is -0.384. The number of aryl methyl sites for hydroxylation is 1. The minimum atomic E-state index is -0.454. The van der Waals surface area contributed by atoms with E-state index in [-0.39, 0.29) is 11.4 Å². The van der Waals surface area contributed by atoms with E-state index in [9.17, 15) is 15.2 Å². The first kappa shape index (κ1) is 18.1. The number of anilines is 1. The highest BCUT2D eigenvalue weighted by Crippen LogP contribution is 2.30. The van der Waals surface area contributed by atoms with E-state index in [1.54, 1.807) is 36.4 Å². The number of hydrogen-bond donors (Lipinski definition) is 2. The summed E-state index contributed by atoms with van der Waals surface area (Å²) in [6.45, 7) is 2.14.